The number of aliphatic hydroxyl groups is 1. The summed E-state index contributed by atoms with van der Waals surface area (Å²) in [5, 5.41) is 12.9. The van der Waals surface area contributed by atoms with Crippen LogP contribution in [0, 0.1) is 0 Å². The highest BCUT2D eigenvalue weighted by Crippen LogP contribution is 2.35. The SMILES string of the molecule is CCC(CC)(C(O)Cc1sccc1Br)N1CCCC1. The van der Waals surface area contributed by atoms with Gasteiger partial charge in [0.15, 0.2) is 0 Å². The van der Waals surface area contributed by atoms with Crippen LogP contribution < -0.4 is 0 Å². The van der Waals surface area contributed by atoms with Gasteiger partial charge in [0.2, 0.25) is 0 Å². The standard InChI is InChI=1S/C15H24BrNOS/c1-3-15(4-2,17-8-5-6-9-17)14(18)11-13-12(16)7-10-19-13/h7,10,14,18H,3-6,8-9,11H2,1-2H3. The van der Waals surface area contributed by atoms with Gasteiger partial charge in [-0.1, -0.05) is 13.8 Å². The average molecular weight is 346 g/mol. The monoisotopic (exact) mass is 345 g/mol. The van der Waals surface area contributed by atoms with Crippen LogP contribution in [0.3, 0.4) is 0 Å². The molecule has 4 heteroatoms. The molecule has 2 rings (SSSR count). The quantitative estimate of drug-likeness (QED) is 0.839. The summed E-state index contributed by atoms with van der Waals surface area (Å²) in [4.78, 5) is 3.79. The van der Waals surface area contributed by atoms with Crippen molar-refractivity contribution >= 4 is 27.3 Å². The minimum atomic E-state index is -0.282. The van der Waals surface area contributed by atoms with Crippen LogP contribution >= 0.6 is 27.3 Å². The summed E-state index contributed by atoms with van der Waals surface area (Å²) < 4.78 is 1.14. The second kappa shape index (κ2) is 6.70. The molecule has 0 aromatic carbocycles. The van der Waals surface area contributed by atoms with Crippen LogP contribution in [0.25, 0.3) is 0 Å². The van der Waals surface area contributed by atoms with Gasteiger partial charge in [0.05, 0.1) is 6.10 Å². The van der Waals surface area contributed by atoms with E-state index in [9.17, 15) is 5.11 Å². The normalized spacial score (nSPS) is 18.9. The van der Waals surface area contributed by atoms with Gasteiger partial charge in [0.1, 0.15) is 0 Å². The molecule has 19 heavy (non-hydrogen) atoms. The van der Waals surface area contributed by atoms with E-state index in [4.69, 9.17) is 0 Å². The Morgan fingerprint density at radius 1 is 1.37 bits per heavy atom. The molecule has 0 amide bonds. The number of aliphatic hydroxyl groups excluding tert-OH is 1. The fraction of sp³-hybridized carbons (Fsp3) is 0.733. The maximum absolute atomic E-state index is 10.9. The lowest BCUT2D eigenvalue weighted by Crippen LogP contribution is -2.55. The molecule has 0 saturated carbocycles. The van der Waals surface area contributed by atoms with E-state index >= 15 is 0 Å². The summed E-state index contributed by atoms with van der Waals surface area (Å²) >= 11 is 5.31. The van der Waals surface area contributed by atoms with Crippen molar-refractivity contribution in [3.8, 4) is 0 Å². The van der Waals surface area contributed by atoms with E-state index in [1.165, 1.54) is 17.7 Å². The third-order valence-electron chi connectivity index (χ3n) is 4.65. The van der Waals surface area contributed by atoms with Gasteiger partial charge in [-0.3, -0.25) is 4.90 Å². The van der Waals surface area contributed by atoms with Gasteiger partial charge in [-0.25, -0.2) is 0 Å². The van der Waals surface area contributed by atoms with Gasteiger partial charge >= 0.3 is 0 Å². The van der Waals surface area contributed by atoms with Crippen LogP contribution in [-0.4, -0.2) is 34.7 Å². The van der Waals surface area contributed by atoms with E-state index in [1.54, 1.807) is 11.3 Å². The van der Waals surface area contributed by atoms with Gasteiger partial charge < -0.3 is 5.11 Å². The molecule has 0 spiro atoms. The predicted molar refractivity (Wildman–Crippen MR) is 85.8 cm³/mol. The maximum Gasteiger partial charge on any atom is 0.0772 e. The lowest BCUT2D eigenvalue weighted by Gasteiger charge is -2.44. The van der Waals surface area contributed by atoms with E-state index < -0.39 is 0 Å². The highest BCUT2D eigenvalue weighted by molar-refractivity contribution is 9.10. The van der Waals surface area contributed by atoms with Gasteiger partial charge in [-0.2, -0.15) is 0 Å². The van der Waals surface area contributed by atoms with Crippen molar-refractivity contribution < 1.29 is 5.11 Å². The first-order valence-corrected chi connectivity index (χ1v) is 8.96. The molecule has 1 atom stereocenters. The van der Waals surface area contributed by atoms with Crippen LogP contribution in [0.15, 0.2) is 15.9 Å². The average Bonchev–Trinajstić information content (AvgIpc) is 3.05. The van der Waals surface area contributed by atoms with Crippen molar-refractivity contribution in [1.29, 1.82) is 0 Å². The molecule has 0 bridgehead atoms. The van der Waals surface area contributed by atoms with Crippen LogP contribution in [-0.2, 0) is 6.42 Å². The summed E-state index contributed by atoms with van der Waals surface area (Å²) in [6.07, 6.45) is 5.07. The van der Waals surface area contributed by atoms with Crippen molar-refractivity contribution in [2.24, 2.45) is 0 Å². The second-order valence-electron chi connectivity index (χ2n) is 5.42. The number of rotatable bonds is 6. The van der Waals surface area contributed by atoms with Crippen molar-refractivity contribution in [1.82, 2.24) is 4.90 Å². The van der Waals surface area contributed by atoms with Crippen LogP contribution in [0.1, 0.15) is 44.4 Å². The Hall–Kier alpha value is 0.1000. The Morgan fingerprint density at radius 2 is 2.00 bits per heavy atom. The summed E-state index contributed by atoms with van der Waals surface area (Å²) in [6.45, 7) is 6.72. The minimum absolute atomic E-state index is 0.0417. The fourth-order valence-electron chi connectivity index (χ4n) is 3.38. The summed E-state index contributed by atoms with van der Waals surface area (Å²) in [7, 11) is 0. The molecule has 1 N–H and O–H groups in total. The Kier molecular flexibility index (Phi) is 5.46. The smallest absolute Gasteiger partial charge is 0.0772 e. The maximum atomic E-state index is 10.9. The third-order valence-corrected chi connectivity index (χ3v) is 6.60. The molecule has 1 aromatic heterocycles. The molecule has 1 aliphatic heterocycles. The molecule has 0 radical (unpaired) electrons. The highest BCUT2D eigenvalue weighted by atomic mass is 79.9. The first kappa shape index (κ1) is 15.5. The Balaban J connectivity index is 2.15. The van der Waals surface area contributed by atoms with Crippen LogP contribution in [0.5, 0.6) is 0 Å². The largest absolute Gasteiger partial charge is 0.391 e. The number of hydrogen-bond donors (Lipinski definition) is 1. The molecule has 1 aromatic rings. The van der Waals surface area contributed by atoms with Crippen molar-refractivity contribution in [2.45, 2.75) is 57.6 Å². The van der Waals surface area contributed by atoms with Crippen LogP contribution in [0.4, 0.5) is 0 Å². The molecule has 1 unspecified atom stereocenters. The van der Waals surface area contributed by atoms with Gasteiger partial charge in [0, 0.05) is 21.3 Å². The number of hydrogen-bond acceptors (Lipinski definition) is 3. The molecule has 108 valence electrons. The zero-order valence-electron chi connectivity index (χ0n) is 11.9. The third kappa shape index (κ3) is 3.07. The number of halogens is 1. The van der Waals surface area contributed by atoms with Gasteiger partial charge in [-0.05, 0) is 66.1 Å². The molecule has 2 heterocycles. The molecule has 1 fully saturated rings. The van der Waals surface area contributed by atoms with E-state index in [1.807, 2.05) is 0 Å². The Morgan fingerprint density at radius 3 is 2.47 bits per heavy atom. The zero-order valence-corrected chi connectivity index (χ0v) is 14.3. The van der Waals surface area contributed by atoms with Crippen molar-refractivity contribution in [3.05, 3.63) is 20.8 Å². The molecule has 1 aliphatic rings. The molecule has 2 nitrogen and oxygen atoms in total. The molecular weight excluding hydrogens is 322 g/mol. The first-order chi connectivity index (χ1) is 9.14. The molecule has 0 aliphatic carbocycles. The van der Waals surface area contributed by atoms with Gasteiger partial charge in [-0.15, -0.1) is 11.3 Å². The van der Waals surface area contributed by atoms with Crippen LogP contribution in [0.2, 0.25) is 0 Å². The molecular formula is C15H24BrNOS. The number of likely N-dealkylation sites (tertiary alicyclic amines) is 1. The van der Waals surface area contributed by atoms with E-state index in [-0.39, 0.29) is 11.6 Å². The number of thiophene rings is 1. The van der Waals surface area contributed by atoms with Crippen molar-refractivity contribution in [2.75, 3.05) is 13.1 Å². The second-order valence-corrected chi connectivity index (χ2v) is 7.27. The lowest BCUT2D eigenvalue weighted by molar-refractivity contribution is -0.0266. The predicted octanol–water partition coefficient (Wildman–Crippen LogP) is 4.07. The summed E-state index contributed by atoms with van der Waals surface area (Å²) in [6, 6.07) is 2.07. The lowest BCUT2D eigenvalue weighted by atomic mass is 9.83. The Labute approximate surface area is 129 Å². The van der Waals surface area contributed by atoms with Gasteiger partial charge in [0.25, 0.3) is 0 Å². The van der Waals surface area contributed by atoms with E-state index in [2.05, 4.69) is 46.1 Å². The zero-order chi connectivity index (χ0) is 13.9. The first-order valence-electron chi connectivity index (χ1n) is 7.29. The van der Waals surface area contributed by atoms with Crippen molar-refractivity contribution in [3.63, 3.8) is 0 Å². The minimum Gasteiger partial charge on any atom is -0.391 e. The van der Waals surface area contributed by atoms with E-state index in [0.717, 1.165) is 36.8 Å². The molecule has 1 saturated heterocycles. The summed E-state index contributed by atoms with van der Waals surface area (Å²) in [5.41, 5.74) is -0.0417. The topological polar surface area (TPSA) is 23.5 Å². The number of nitrogens with zero attached hydrogens (tertiary/aromatic N) is 1. The fourth-order valence-corrected chi connectivity index (χ4v) is 4.93. The Bertz CT molecular complexity index is 397. The highest BCUT2D eigenvalue weighted by Gasteiger charge is 2.41. The summed E-state index contributed by atoms with van der Waals surface area (Å²) in [5.74, 6) is 0. The van der Waals surface area contributed by atoms with E-state index in [0.29, 0.717) is 0 Å².